The summed E-state index contributed by atoms with van der Waals surface area (Å²) in [6.45, 7) is 5.33. The van der Waals surface area contributed by atoms with Gasteiger partial charge in [0.05, 0.1) is 6.61 Å². The van der Waals surface area contributed by atoms with Gasteiger partial charge in [0.1, 0.15) is 0 Å². The first-order valence-electron chi connectivity index (χ1n) is 4.62. The summed E-state index contributed by atoms with van der Waals surface area (Å²) >= 11 is 0. The van der Waals surface area contributed by atoms with Gasteiger partial charge in [-0.1, -0.05) is 6.92 Å². The highest BCUT2D eigenvalue weighted by molar-refractivity contribution is 4.70. The summed E-state index contributed by atoms with van der Waals surface area (Å²) in [5.41, 5.74) is 0. The molecule has 0 saturated carbocycles. The number of nitrogens with zero attached hydrogens (tertiary/aromatic N) is 1. The molecule has 0 N–H and O–H groups in total. The van der Waals surface area contributed by atoms with Crippen molar-refractivity contribution in [2.24, 2.45) is 0 Å². The Morgan fingerprint density at radius 2 is 2.36 bits per heavy atom. The Labute approximate surface area is 69.5 Å². The first-order chi connectivity index (χ1) is 5.34. The SMILES string of the molecule is CCCN(C)C1CCCOC1. The second-order valence-corrected chi connectivity index (χ2v) is 3.35. The van der Waals surface area contributed by atoms with E-state index < -0.39 is 0 Å². The van der Waals surface area contributed by atoms with E-state index in [1.807, 2.05) is 0 Å². The van der Waals surface area contributed by atoms with Crippen LogP contribution in [0, 0.1) is 0 Å². The summed E-state index contributed by atoms with van der Waals surface area (Å²) in [5.74, 6) is 0. The number of likely N-dealkylation sites (N-methyl/N-ethyl adjacent to an activating group) is 1. The van der Waals surface area contributed by atoms with E-state index in [9.17, 15) is 0 Å². The summed E-state index contributed by atoms with van der Waals surface area (Å²) in [7, 11) is 2.20. The van der Waals surface area contributed by atoms with E-state index in [1.165, 1.54) is 25.8 Å². The molecule has 0 radical (unpaired) electrons. The van der Waals surface area contributed by atoms with Gasteiger partial charge in [0.2, 0.25) is 0 Å². The van der Waals surface area contributed by atoms with E-state index in [4.69, 9.17) is 4.74 Å². The molecule has 1 aliphatic heterocycles. The lowest BCUT2D eigenvalue weighted by Gasteiger charge is -2.30. The van der Waals surface area contributed by atoms with E-state index >= 15 is 0 Å². The van der Waals surface area contributed by atoms with Crippen molar-refractivity contribution < 1.29 is 4.74 Å². The maximum atomic E-state index is 5.41. The van der Waals surface area contributed by atoms with Crippen LogP contribution in [0.1, 0.15) is 26.2 Å². The summed E-state index contributed by atoms with van der Waals surface area (Å²) in [4.78, 5) is 2.42. The standard InChI is InChI=1S/C9H19NO/c1-3-6-10(2)9-5-4-7-11-8-9/h9H,3-8H2,1-2H3. The summed E-state index contributed by atoms with van der Waals surface area (Å²) < 4.78 is 5.41. The lowest BCUT2D eigenvalue weighted by atomic mass is 10.1. The quantitative estimate of drug-likeness (QED) is 0.615. The normalized spacial score (nSPS) is 25.9. The Balaban J connectivity index is 2.21. The number of ether oxygens (including phenoxy) is 1. The van der Waals surface area contributed by atoms with Gasteiger partial charge >= 0.3 is 0 Å². The summed E-state index contributed by atoms with van der Waals surface area (Å²) in [6.07, 6.45) is 3.79. The zero-order chi connectivity index (χ0) is 8.10. The molecule has 0 spiro atoms. The molecule has 1 unspecified atom stereocenters. The summed E-state index contributed by atoms with van der Waals surface area (Å²) in [5, 5.41) is 0. The molecule has 0 aliphatic carbocycles. The molecule has 0 bridgehead atoms. The van der Waals surface area contributed by atoms with Crippen LogP contribution in [0.2, 0.25) is 0 Å². The molecule has 1 rings (SSSR count). The van der Waals surface area contributed by atoms with Crippen LogP contribution >= 0.6 is 0 Å². The number of hydrogen-bond donors (Lipinski definition) is 0. The maximum Gasteiger partial charge on any atom is 0.0621 e. The maximum absolute atomic E-state index is 5.41. The molecule has 2 nitrogen and oxygen atoms in total. The van der Waals surface area contributed by atoms with E-state index in [0.717, 1.165) is 13.2 Å². The van der Waals surface area contributed by atoms with Crippen LogP contribution in [0.25, 0.3) is 0 Å². The molecular weight excluding hydrogens is 138 g/mol. The first-order valence-corrected chi connectivity index (χ1v) is 4.62. The van der Waals surface area contributed by atoms with E-state index in [-0.39, 0.29) is 0 Å². The van der Waals surface area contributed by atoms with Crippen molar-refractivity contribution in [2.75, 3.05) is 26.8 Å². The van der Waals surface area contributed by atoms with Gasteiger partial charge in [-0.15, -0.1) is 0 Å². The minimum absolute atomic E-state index is 0.684. The van der Waals surface area contributed by atoms with Gasteiger partial charge in [-0.2, -0.15) is 0 Å². The van der Waals surface area contributed by atoms with Crippen LogP contribution in [0.3, 0.4) is 0 Å². The van der Waals surface area contributed by atoms with Crippen molar-refractivity contribution in [2.45, 2.75) is 32.2 Å². The summed E-state index contributed by atoms with van der Waals surface area (Å²) in [6, 6.07) is 0.684. The van der Waals surface area contributed by atoms with E-state index in [1.54, 1.807) is 0 Å². The van der Waals surface area contributed by atoms with Gasteiger partial charge in [0.15, 0.2) is 0 Å². The second kappa shape index (κ2) is 4.73. The molecule has 1 aliphatic rings. The zero-order valence-corrected chi connectivity index (χ0v) is 7.68. The first kappa shape index (κ1) is 9.01. The third-order valence-electron chi connectivity index (χ3n) is 2.34. The fourth-order valence-corrected chi connectivity index (χ4v) is 1.61. The van der Waals surface area contributed by atoms with Crippen LogP contribution in [0.15, 0.2) is 0 Å². The van der Waals surface area contributed by atoms with Gasteiger partial charge in [-0.05, 0) is 32.9 Å². The average Bonchev–Trinajstić information content (AvgIpc) is 2.07. The van der Waals surface area contributed by atoms with Crippen molar-refractivity contribution in [3.63, 3.8) is 0 Å². The lowest BCUT2D eigenvalue weighted by Crippen LogP contribution is -2.38. The topological polar surface area (TPSA) is 12.5 Å². The van der Waals surface area contributed by atoms with Gasteiger partial charge in [-0.3, -0.25) is 0 Å². The molecular formula is C9H19NO. The van der Waals surface area contributed by atoms with Crippen LogP contribution in [-0.4, -0.2) is 37.7 Å². The monoisotopic (exact) mass is 157 g/mol. The van der Waals surface area contributed by atoms with Crippen LogP contribution in [0.5, 0.6) is 0 Å². The Morgan fingerprint density at radius 1 is 1.55 bits per heavy atom. The molecule has 11 heavy (non-hydrogen) atoms. The number of rotatable bonds is 3. The second-order valence-electron chi connectivity index (χ2n) is 3.35. The third kappa shape index (κ3) is 2.80. The molecule has 66 valence electrons. The minimum atomic E-state index is 0.684. The Bertz CT molecular complexity index is 99.7. The molecule has 0 amide bonds. The van der Waals surface area contributed by atoms with Crippen LogP contribution in [-0.2, 0) is 4.74 Å². The van der Waals surface area contributed by atoms with Crippen molar-refractivity contribution in [3.8, 4) is 0 Å². The Hall–Kier alpha value is -0.0800. The van der Waals surface area contributed by atoms with Crippen molar-refractivity contribution in [1.29, 1.82) is 0 Å². The Kier molecular flexibility index (Phi) is 3.87. The van der Waals surface area contributed by atoms with Crippen LogP contribution in [0.4, 0.5) is 0 Å². The third-order valence-corrected chi connectivity index (χ3v) is 2.34. The fraction of sp³-hybridized carbons (Fsp3) is 1.00. The van der Waals surface area contributed by atoms with Gasteiger partial charge in [0, 0.05) is 12.6 Å². The predicted octanol–water partition coefficient (Wildman–Crippen LogP) is 1.51. The smallest absolute Gasteiger partial charge is 0.0621 e. The predicted molar refractivity (Wildman–Crippen MR) is 46.8 cm³/mol. The van der Waals surface area contributed by atoms with Crippen molar-refractivity contribution in [1.82, 2.24) is 4.90 Å². The highest BCUT2D eigenvalue weighted by Gasteiger charge is 2.16. The molecule has 0 aromatic carbocycles. The van der Waals surface area contributed by atoms with Gasteiger partial charge in [-0.25, -0.2) is 0 Å². The van der Waals surface area contributed by atoms with E-state index in [2.05, 4.69) is 18.9 Å². The van der Waals surface area contributed by atoms with Gasteiger partial charge in [0.25, 0.3) is 0 Å². The molecule has 0 aromatic rings. The van der Waals surface area contributed by atoms with E-state index in [0.29, 0.717) is 6.04 Å². The largest absolute Gasteiger partial charge is 0.380 e. The molecule has 0 aromatic heterocycles. The molecule has 1 heterocycles. The van der Waals surface area contributed by atoms with Crippen molar-refractivity contribution >= 4 is 0 Å². The minimum Gasteiger partial charge on any atom is -0.380 e. The molecule has 1 atom stereocenters. The van der Waals surface area contributed by atoms with Gasteiger partial charge < -0.3 is 9.64 Å². The number of hydrogen-bond acceptors (Lipinski definition) is 2. The highest BCUT2D eigenvalue weighted by atomic mass is 16.5. The zero-order valence-electron chi connectivity index (χ0n) is 7.68. The molecule has 2 heteroatoms. The molecule has 1 fully saturated rings. The Morgan fingerprint density at radius 3 is 2.91 bits per heavy atom. The van der Waals surface area contributed by atoms with Crippen LogP contribution < -0.4 is 0 Å². The lowest BCUT2D eigenvalue weighted by molar-refractivity contribution is 0.0278. The van der Waals surface area contributed by atoms with Crippen molar-refractivity contribution in [3.05, 3.63) is 0 Å². The fourth-order valence-electron chi connectivity index (χ4n) is 1.61. The highest BCUT2D eigenvalue weighted by Crippen LogP contribution is 2.11. The molecule has 1 saturated heterocycles. The average molecular weight is 157 g/mol.